The van der Waals surface area contributed by atoms with Gasteiger partial charge in [0.05, 0.1) is 6.54 Å². The Balaban J connectivity index is 1.89. The first-order valence-electron chi connectivity index (χ1n) is 5.02. The van der Waals surface area contributed by atoms with Crippen LogP contribution in [0.2, 0.25) is 0 Å². The summed E-state index contributed by atoms with van der Waals surface area (Å²) in [6.07, 6.45) is 3.47. The van der Waals surface area contributed by atoms with Crippen molar-refractivity contribution in [3.05, 3.63) is 12.2 Å². The summed E-state index contributed by atoms with van der Waals surface area (Å²) in [7, 11) is 1.75. The van der Waals surface area contributed by atoms with Gasteiger partial charge in [-0.2, -0.15) is 4.98 Å². The third-order valence-corrected chi connectivity index (χ3v) is 2.49. The highest BCUT2D eigenvalue weighted by Gasteiger charge is 2.21. The quantitative estimate of drug-likeness (QED) is 0.721. The fourth-order valence-corrected chi connectivity index (χ4v) is 1.69. The monoisotopic (exact) mass is 210 g/mol. The number of carbonyl (C=O) groups excluding carboxylic acids is 1. The number of amides is 2. The van der Waals surface area contributed by atoms with Crippen molar-refractivity contribution in [1.29, 1.82) is 0 Å². The second kappa shape index (κ2) is 4.29. The lowest BCUT2D eigenvalue weighted by Gasteiger charge is -2.22. The molecule has 0 bridgehead atoms. The predicted octanol–water partition coefficient (Wildman–Crippen LogP) is 0.717. The van der Waals surface area contributed by atoms with Gasteiger partial charge in [0, 0.05) is 20.1 Å². The van der Waals surface area contributed by atoms with E-state index in [9.17, 15) is 4.79 Å². The van der Waals surface area contributed by atoms with Gasteiger partial charge in [-0.05, 0) is 12.8 Å². The highest BCUT2D eigenvalue weighted by atomic mass is 16.5. The fraction of sp³-hybridized carbons (Fsp3) is 0.667. The maximum absolute atomic E-state index is 11.8. The number of aromatic nitrogens is 2. The van der Waals surface area contributed by atoms with Crippen molar-refractivity contribution in [2.24, 2.45) is 0 Å². The summed E-state index contributed by atoms with van der Waals surface area (Å²) < 4.78 is 4.61. The van der Waals surface area contributed by atoms with Crippen LogP contribution in [-0.2, 0) is 6.54 Å². The molecule has 0 saturated carbocycles. The molecule has 2 heterocycles. The van der Waals surface area contributed by atoms with Gasteiger partial charge in [0.15, 0.2) is 5.82 Å². The molecule has 0 N–H and O–H groups in total. The molecule has 0 radical (unpaired) electrons. The third-order valence-electron chi connectivity index (χ3n) is 2.49. The molecule has 1 aromatic rings. The minimum atomic E-state index is 0.0392. The number of urea groups is 1. The van der Waals surface area contributed by atoms with E-state index in [0.29, 0.717) is 12.4 Å². The normalized spacial score (nSPS) is 15.7. The van der Waals surface area contributed by atoms with Crippen LogP contribution in [-0.4, -0.2) is 46.1 Å². The van der Waals surface area contributed by atoms with E-state index in [1.807, 2.05) is 4.90 Å². The van der Waals surface area contributed by atoms with Crippen molar-refractivity contribution < 1.29 is 9.32 Å². The molecule has 0 atom stereocenters. The molecule has 0 unspecified atom stereocenters. The van der Waals surface area contributed by atoms with Crippen LogP contribution in [0.1, 0.15) is 18.7 Å². The predicted molar refractivity (Wildman–Crippen MR) is 52.0 cm³/mol. The molecule has 6 heteroatoms. The molecule has 2 rings (SSSR count). The maximum Gasteiger partial charge on any atom is 0.320 e. The first-order chi connectivity index (χ1) is 7.27. The zero-order chi connectivity index (χ0) is 10.7. The molecular formula is C9H14N4O2. The Hall–Kier alpha value is -1.59. The van der Waals surface area contributed by atoms with Crippen LogP contribution in [0.5, 0.6) is 0 Å². The third kappa shape index (κ3) is 2.26. The van der Waals surface area contributed by atoms with Gasteiger partial charge in [0.1, 0.15) is 0 Å². The minimum absolute atomic E-state index is 0.0392. The Labute approximate surface area is 87.8 Å². The fourth-order valence-electron chi connectivity index (χ4n) is 1.69. The van der Waals surface area contributed by atoms with Crippen LogP contribution in [0, 0.1) is 0 Å². The van der Waals surface area contributed by atoms with Gasteiger partial charge in [-0.15, -0.1) is 0 Å². The van der Waals surface area contributed by atoms with Crippen molar-refractivity contribution >= 4 is 6.03 Å². The zero-order valence-electron chi connectivity index (χ0n) is 8.72. The molecule has 2 amide bonds. The van der Waals surface area contributed by atoms with Crippen LogP contribution in [0.3, 0.4) is 0 Å². The second-order valence-electron chi connectivity index (χ2n) is 3.68. The van der Waals surface area contributed by atoms with Gasteiger partial charge < -0.3 is 14.3 Å². The molecule has 1 fully saturated rings. The standard InChI is InChI=1S/C9H14N4O2/c1-12(6-8-10-7-15-11-8)9(14)13-4-2-3-5-13/h7H,2-6H2,1H3. The number of hydrogen-bond acceptors (Lipinski definition) is 4. The highest BCUT2D eigenvalue weighted by molar-refractivity contribution is 5.74. The van der Waals surface area contributed by atoms with Gasteiger partial charge in [-0.3, -0.25) is 0 Å². The van der Waals surface area contributed by atoms with E-state index in [0.717, 1.165) is 25.9 Å². The Kier molecular flexibility index (Phi) is 2.84. The van der Waals surface area contributed by atoms with E-state index in [2.05, 4.69) is 14.7 Å². The van der Waals surface area contributed by atoms with Crippen molar-refractivity contribution in [3.63, 3.8) is 0 Å². The molecule has 6 nitrogen and oxygen atoms in total. The Bertz CT molecular complexity index is 319. The van der Waals surface area contributed by atoms with Gasteiger partial charge in [-0.25, -0.2) is 4.79 Å². The van der Waals surface area contributed by atoms with E-state index < -0.39 is 0 Å². The molecule has 15 heavy (non-hydrogen) atoms. The van der Waals surface area contributed by atoms with Crippen LogP contribution in [0.15, 0.2) is 10.9 Å². The van der Waals surface area contributed by atoms with Crippen LogP contribution in [0.25, 0.3) is 0 Å². The van der Waals surface area contributed by atoms with Gasteiger partial charge in [-0.1, -0.05) is 5.16 Å². The molecule has 1 aliphatic rings. The first kappa shape index (κ1) is 9.95. The lowest BCUT2D eigenvalue weighted by Crippen LogP contribution is -2.39. The van der Waals surface area contributed by atoms with Crippen molar-refractivity contribution in [2.45, 2.75) is 19.4 Å². The molecule has 1 aromatic heterocycles. The molecule has 1 saturated heterocycles. The van der Waals surface area contributed by atoms with Crippen LogP contribution < -0.4 is 0 Å². The smallest absolute Gasteiger partial charge is 0.320 e. The first-order valence-corrected chi connectivity index (χ1v) is 5.02. The molecule has 82 valence electrons. The maximum atomic E-state index is 11.8. The van der Waals surface area contributed by atoms with E-state index >= 15 is 0 Å². The lowest BCUT2D eigenvalue weighted by atomic mass is 10.4. The summed E-state index contributed by atoms with van der Waals surface area (Å²) in [6, 6.07) is 0.0392. The Morgan fingerprint density at radius 3 is 2.93 bits per heavy atom. The summed E-state index contributed by atoms with van der Waals surface area (Å²) in [5, 5.41) is 3.67. The van der Waals surface area contributed by atoms with Gasteiger partial charge in [0.2, 0.25) is 6.39 Å². The number of likely N-dealkylation sites (tertiary alicyclic amines) is 1. The largest absolute Gasteiger partial charge is 0.343 e. The minimum Gasteiger partial charge on any atom is -0.343 e. The number of carbonyl (C=O) groups is 1. The number of nitrogens with zero attached hydrogens (tertiary/aromatic N) is 4. The molecule has 1 aliphatic heterocycles. The molecule has 0 spiro atoms. The van der Waals surface area contributed by atoms with E-state index in [1.54, 1.807) is 11.9 Å². The van der Waals surface area contributed by atoms with Gasteiger partial charge in [0.25, 0.3) is 0 Å². The summed E-state index contributed by atoms with van der Waals surface area (Å²) in [6.45, 7) is 2.11. The van der Waals surface area contributed by atoms with Crippen molar-refractivity contribution in [3.8, 4) is 0 Å². The van der Waals surface area contributed by atoms with Crippen LogP contribution >= 0.6 is 0 Å². The SMILES string of the molecule is CN(Cc1ncon1)C(=O)N1CCCC1. The molecule has 0 aromatic carbocycles. The highest BCUT2D eigenvalue weighted by Crippen LogP contribution is 2.10. The number of rotatable bonds is 2. The summed E-state index contributed by atoms with van der Waals surface area (Å²) in [5.74, 6) is 0.532. The van der Waals surface area contributed by atoms with E-state index in [4.69, 9.17) is 0 Å². The van der Waals surface area contributed by atoms with Gasteiger partial charge >= 0.3 is 6.03 Å². The molecular weight excluding hydrogens is 196 g/mol. The van der Waals surface area contributed by atoms with E-state index in [1.165, 1.54) is 6.39 Å². The summed E-state index contributed by atoms with van der Waals surface area (Å²) in [5.41, 5.74) is 0. The molecule has 0 aliphatic carbocycles. The topological polar surface area (TPSA) is 62.5 Å². The summed E-state index contributed by atoms with van der Waals surface area (Å²) >= 11 is 0. The van der Waals surface area contributed by atoms with E-state index in [-0.39, 0.29) is 6.03 Å². The average Bonchev–Trinajstić information content (AvgIpc) is 2.88. The average molecular weight is 210 g/mol. The Morgan fingerprint density at radius 1 is 1.60 bits per heavy atom. The number of hydrogen-bond donors (Lipinski definition) is 0. The van der Waals surface area contributed by atoms with Crippen molar-refractivity contribution in [2.75, 3.05) is 20.1 Å². The van der Waals surface area contributed by atoms with Crippen molar-refractivity contribution in [1.82, 2.24) is 19.9 Å². The second-order valence-corrected chi connectivity index (χ2v) is 3.68. The Morgan fingerprint density at radius 2 is 2.33 bits per heavy atom. The van der Waals surface area contributed by atoms with Crippen LogP contribution in [0.4, 0.5) is 4.79 Å². The summed E-state index contributed by atoms with van der Waals surface area (Å²) in [4.78, 5) is 19.2. The zero-order valence-corrected chi connectivity index (χ0v) is 8.72. The lowest BCUT2D eigenvalue weighted by molar-refractivity contribution is 0.169.